The molecule has 272 valence electrons. The molecule has 1 atom stereocenters. The van der Waals surface area contributed by atoms with Crippen LogP contribution in [0.15, 0.2) is 59.8 Å². The van der Waals surface area contributed by atoms with Gasteiger partial charge in [-0.2, -0.15) is 0 Å². The van der Waals surface area contributed by atoms with Crippen molar-refractivity contribution in [2.24, 2.45) is 5.41 Å². The summed E-state index contributed by atoms with van der Waals surface area (Å²) in [4.78, 5) is 32.4. The molecule has 0 amide bonds. The number of sulfonamides is 1. The van der Waals surface area contributed by atoms with E-state index in [1.807, 2.05) is 38.2 Å². The van der Waals surface area contributed by atoms with Crippen LogP contribution < -0.4 is 19.7 Å². The lowest BCUT2D eigenvalue weighted by atomic mass is 9.86. The summed E-state index contributed by atoms with van der Waals surface area (Å²) in [6.07, 6.45) is 9.19. The molecule has 4 aromatic rings. The normalized spacial score (nSPS) is 14.1. The minimum Gasteiger partial charge on any atom is -0.493 e. The van der Waals surface area contributed by atoms with Gasteiger partial charge in [0.05, 0.1) is 35.2 Å². The van der Waals surface area contributed by atoms with E-state index in [4.69, 9.17) is 19.7 Å². The number of aryl methyl sites for hydroxylation is 3. The Hall–Kier alpha value is -4.62. The third-order valence-corrected chi connectivity index (χ3v) is 10.6. The first-order valence-electron chi connectivity index (χ1n) is 17.3. The second kappa shape index (κ2) is 15.7. The van der Waals surface area contributed by atoms with E-state index in [0.717, 1.165) is 40.7 Å². The second-order valence-electron chi connectivity index (χ2n) is 14.5. The lowest BCUT2D eigenvalue weighted by Crippen LogP contribution is -2.38. The van der Waals surface area contributed by atoms with Crippen molar-refractivity contribution in [2.75, 3.05) is 23.8 Å². The third-order valence-electron chi connectivity index (χ3n) is 9.29. The Labute approximate surface area is 301 Å². The molecule has 2 heterocycles. The zero-order valence-electron chi connectivity index (χ0n) is 30.5. The van der Waals surface area contributed by atoms with Crippen LogP contribution in [0.3, 0.4) is 0 Å². The van der Waals surface area contributed by atoms with Crippen molar-refractivity contribution in [3.8, 4) is 17.0 Å². The highest BCUT2D eigenvalue weighted by molar-refractivity contribution is 7.92. The number of rotatable bonds is 15. The van der Waals surface area contributed by atoms with E-state index in [1.54, 1.807) is 13.3 Å². The molecule has 2 aromatic heterocycles. The summed E-state index contributed by atoms with van der Waals surface area (Å²) >= 11 is 0. The lowest BCUT2D eigenvalue weighted by Gasteiger charge is -2.35. The molecule has 1 fully saturated rings. The maximum Gasteiger partial charge on any atom is 0.335 e. The first-order valence-corrected chi connectivity index (χ1v) is 18.8. The van der Waals surface area contributed by atoms with Crippen molar-refractivity contribution in [3.05, 3.63) is 82.9 Å². The number of ether oxygens (including phenoxy) is 1. The van der Waals surface area contributed by atoms with Gasteiger partial charge < -0.3 is 20.1 Å². The summed E-state index contributed by atoms with van der Waals surface area (Å²) in [5, 5.41) is 13.2. The highest BCUT2D eigenvalue weighted by Gasteiger charge is 2.26. The van der Waals surface area contributed by atoms with E-state index in [0.29, 0.717) is 42.6 Å². The van der Waals surface area contributed by atoms with Crippen LogP contribution >= 0.6 is 0 Å². The SMILES string of the molecule is COc1c(CCC(CC(C)(C)C)NCc2cncc(N(C)C3CCC3)n2)nc(NS(=O)(=O)c2cccc(C(=O)O)c2)nc1-c1c(C)cccc1C. The largest absolute Gasteiger partial charge is 0.493 e. The number of hydrogen-bond donors (Lipinski definition) is 3. The number of carboxylic acid groups (broad SMARTS) is 1. The summed E-state index contributed by atoms with van der Waals surface area (Å²) in [5.74, 6) is -0.0187. The Kier molecular flexibility index (Phi) is 11.6. The van der Waals surface area contributed by atoms with Crippen molar-refractivity contribution < 1.29 is 23.1 Å². The zero-order chi connectivity index (χ0) is 36.9. The fourth-order valence-corrected chi connectivity index (χ4v) is 7.44. The van der Waals surface area contributed by atoms with E-state index >= 15 is 0 Å². The molecule has 1 aliphatic rings. The number of methoxy groups -OCH3 is 1. The van der Waals surface area contributed by atoms with E-state index in [1.165, 1.54) is 37.5 Å². The Morgan fingerprint density at radius 1 is 1.06 bits per heavy atom. The minimum atomic E-state index is -4.24. The number of nitrogens with zero attached hydrogens (tertiary/aromatic N) is 5. The molecular weight excluding hydrogens is 667 g/mol. The predicted molar refractivity (Wildman–Crippen MR) is 199 cm³/mol. The molecule has 1 unspecified atom stereocenters. The molecule has 1 aliphatic carbocycles. The third kappa shape index (κ3) is 9.39. The van der Waals surface area contributed by atoms with Gasteiger partial charge in [-0.05, 0) is 87.1 Å². The average Bonchev–Trinajstić information content (AvgIpc) is 3.04. The average molecular weight is 716 g/mol. The summed E-state index contributed by atoms with van der Waals surface area (Å²) in [6, 6.07) is 11.6. The lowest BCUT2D eigenvalue weighted by molar-refractivity contribution is 0.0696. The fourth-order valence-electron chi connectivity index (χ4n) is 6.45. The van der Waals surface area contributed by atoms with E-state index < -0.39 is 16.0 Å². The van der Waals surface area contributed by atoms with Crippen LogP contribution in [0, 0.1) is 19.3 Å². The number of benzene rings is 2. The van der Waals surface area contributed by atoms with Crippen molar-refractivity contribution in [3.63, 3.8) is 0 Å². The molecule has 51 heavy (non-hydrogen) atoms. The van der Waals surface area contributed by atoms with Gasteiger partial charge in [0.2, 0.25) is 5.95 Å². The molecule has 5 rings (SSSR count). The number of hydrogen-bond acceptors (Lipinski definition) is 10. The Balaban J connectivity index is 1.46. The molecule has 2 aromatic carbocycles. The minimum absolute atomic E-state index is 0.0140. The molecule has 0 radical (unpaired) electrons. The van der Waals surface area contributed by atoms with E-state index in [2.05, 4.69) is 47.7 Å². The van der Waals surface area contributed by atoms with Gasteiger partial charge >= 0.3 is 5.97 Å². The van der Waals surface area contributed by atoms with Crippen LogP contribution in [0.5, 0.6) is 5.75 Å². The van der Waals surface area contributed by atoms with Gasteiger partial charge in [0.15, 0.2) is 5.75 Å². The molecular formula is C38H49N7O5S. The van der Waals surface area contributed by atoms with Gasteiger partial charge in [0.1, 0.15) is 11.5 Å². The number of nitrogens with one attached hydrogen (secondary N) is 2. The maximum atomic E-state index is 13.6. The van der Waals surface area contributed by atoms with Crippen LogP contribution in [0.4, 0.5) is 11.8 Å². The fraction of sp³-hybridized carbons (Fsp3) is 0.447. The standard InChI is InChI=1S/C38H49N7O5S/c1-24-11-8-12-25(2)33(24)34-35(50-7)31(42-37(43-34)44-51(48,49)30-16-9-13-26(19-30)36(46)47)18-17-27(20-38(3,4)5)40-22-28-21-39-23-32(41-28)45(6)29-14-10-15-29/h8-9,11-13,16,19,21,23,27,29,40H,10,14-15,17-18,20,22H2,1-7H3,(H,46,47)(H,42,43,44). The van der Waals surface area contributed by atoms with Crippen LogP contribution in [-0.4, -0.2) is 65.7 Å². The van der Waals surface area contributed by atoms with Gasteiger partial charge in [-0.25, -0.2) is 32.9 Å². The Morgan fingerprint density at radius 3 is 2.39 bits per heavy atom. The van der Waals surface area contributed by atoms with Crippen LogP contribution in [0.25, 0.3) is 11.3 Å². The van der Waals surface area contributed by atoms with Gasteiger partial charge in [-0.15, -0.1) is 0 Å². The van der Waals surface area contributed by atoms with Crippen molar-refractivity contribution in [2.45, 2.75) is 96.7 Å². The number of anilines is 2. The molecule has 0 spiro atoms. The molecule has 0 aliphatic heterocycles. The number of carboxylic acids is 1. The smallest absolute Gasteiger partial charge is 0.335 e. The Morgan fingerprint density at radius 2 is 1.76 bits per heavy atom. The predicted octanol–water partition coefficient (Wildman–Crippen LogP) is 6.57. The van der Waals surface area contributed by atoms with E-state index in [9.17, 15) is 18.3 Å². The molecule has 3 N–H and O–H groups in total. The Bertz CT molecular complexity index is 1960. The number of carbonyl (C=O) groups is 1. The second-order valence-corrected chi connectivity index (χ2v) is 16.2. The van der Waals surface area contributed by atoms with Gasteiger partial charge in [-0.3, -0.25) is 4.98 Å². The van der Waals surface area contributed by atoms with E-state index in [-0.39, 0.29) is 27.9 Å². The summed E-state index contributed by atoms with van der Waals surface area (Å²) in [5.41, 5.74) is 4.45. The molecule has 12 nitrogen and oxygen atoms in total. The van der Waals surface area contributed by atoms with Crippen molar-refractivity contribution >= 4 is 27.8 Å². The van der Waals surface area contributed by atoms with Crippen LogP contribution in [0.2, 0.25) is 0 Å². The molecule has 1 saturated carbocycles. The highest BCUT2D eigenvalue weighted by atomic mass is 32.2. The van der Waals surface area contributed by atoms with Crippen molar-refractivity contribution in [1.29, 1.82) is 0 Å². The molecule has 13 heteroatoms. The van der Waals surface area contributed by atoms with Crippen molar-refractivity contribution in [1.82, 2.24) is 25.3 Å². The maximum absolute atomic E-state index is 13.6. The highest BCUT2D eigenvalue weighted by Crippen LogP contribution is 2.37. The number of aromatic carboxylic acids is 1. The zero-order valence-corrected chi connectivity index (χ0v) is 31.3. The first-order chi connectivity index (χ1) is 24.1. The van der Waals surface area contributed by atoms with Gasteiger partial charge in [-0.1, -0.05) is 45.0 Å². The summed E-state index contributed by atoms with van der Waals surface area (Å²) in [6.45, 7) is 11.1. The number of aromatic nitrogens is 4. The van der Waals surface area contributed by atoms with Crippen LogP contribution in [0.1, 0.15) is 85.7 Å². The van der Waals surface area contributed by atoms with Crippen LogP contribution in [-0.2, 0) is 23.0 Å². The topological polar surface area (TPSA) is 160 Å². The molecule has 0 saturated heterocycles. The van der Waals surface area contributed by atoms with Gasteiger partial charge in [0, 0.05) is 37.4 Å². The van der Waals surface area contributed by atoms with Gasteiger partial charge in [0.25, 0.3) is 10.0 Å². The quantitative estimate of drug-likeness (QED) is 0.122. The molecule has 0 bridgehead atoms. The monoisotopic (exact) mass is 715 g/mol. The first kappa shape index (κ1) is 37.6. The summed E-state index contributed by atoms with van der Waals surface area (Å²) in [7, 11) is -0.593. The summed E-state index contributed by atoms with van der Waals surface area (Å²) < 4.78 is 35.6.